The molecule has 1 aliphatic rings. The maximum absolute atomic E-state index is 13.3. The first-order valence-electron chi connectivity index (χ1n) is 5.50. The quantitative estimate of drug-likeness (QED) is 0.806. The summed E-state index contributed by atoms with van der Waals surface area (Å²) in [5.74, 6) is -0.399. The van der Waals surface area contributed by atoms with E-state index in [1.165, 1.54) is 12.8 Å². The molecule has 2 N–H and O–H groups in total. The van der Waals surface area contributed by atoms with E-state index in [9.17, 15) is 13.9 Å². The lowest BCUT2D eigenvalue weighted by atomic mass is 10.1. The minimum Gasteiger partial charge on any atom is -0.387 e. The van der Waals surface area contributed by atoms with Gasteiger partial charge in [-0.05, 0) is 43.5 Å². The van der Waals surface area contributed by atoms with Crippen LogP contribution in [0.4, 0.5) is 8.78 Å². The molecule has 1 atom stereocenters. The molecule has 2 nitrogen and oxygen atoms in total. The van der Waals surface area contributed by atoms with E-state index < -0.39 is 17.7 Å². The molecule has 88 valence electrons. The van der Waals surface area contributed by atoms with Crippen molar-refractivity contribution in [3.05, 3.63) is 35.4 Å². The van der Waals surface area contributed by atoms with Gasteiger partial charge in [0, 0.05) is 12.1 Å². The first-order valence-corrected chi connectivity index (χ1v) is 5.50. The Hall–Kier alpha value is -1.00. The number of nitrogens with one attached hydrogen (secondary N) is 1. The van der Waals surface area contributed by atoms with Crippen LogP contribution in [0.3, 0.4) is 0 Å². The maximum atomic E-state index is 13.3. The Balaban J connectivity index is 1.90. The molecule has 4 heteroatoms. The van der Waals surface area contributed by atoms with Crippen LogP contribution in [0, 0.1) is 17.6 Å². The highest BCUT2D eigenvalue weighted by Crippen LogP contribution is 2.27. The summed E-state index contributed by atoms with van der Waals surface area (Å²) in [6.45, 7) is 1.10. The van der Waals surface area contributed by atoms with Crippen molar-refractivity contribution in [3.8, 4) is 0 Å². The number of aliphatic hydroxyl groups excluding tert-OH is 1. The fraction of sp³-hybridized carbons (Fsp3) is 0.500. The number of hydrogen-bond acceptors (Lipinski definition) is 2. The fourth-order valence-electron chi connectivity index (χ4n) is 1.63. The van der Waals surface area contributed by atoms with Gasteiger partial charge in [0.2, 0.25) is 0 Å². The van der Waals surface area contributed by atoms with Gasteiger partial charge >= 0.3 is 0 Å². The lowest BCUT2D eigenvalue weighted by Gasteiger charge is -2.12. The van der Waals surface area contributed by atoms with Gasteiger partial charge in [-0.15, -0.1) is 0 Å². The molecule has 0 aliphatic heterocycles. The summed E-state index contributed by atoms with van der Waals surface area (Å²) < 4.78 is 26.1. The second kappa shape index (κ2) is 4.89. The van der Waals surface area contributed by atoms with Gasteiger partial charge in [0.25, 0.3) is 0 Å². The smallest absolute Gasteiger partial charge is 0.129 e. The van der Waals surface area contributed by atoms with Gasteiger partial charge < -0.3 is 10.4 Å². The molecule has 0 bridgehead atoms. The third-order valence-corrected chi connectivity index (χ3v) is 2.78. The molecule has 1 fully saturated rings. The van der Waals surface area contributed by atoms with E-state index in [4.69, 9.17) is 0 Å². The highest BCUT2D eigenvalue weighted by molar-refractivity contribution is 5.21. The van der Waals surface area contributed by atoms with Crippen molar-refractivity contribution < 1.29 is 13.9 Å². The van der Waals surface area contributed by atoms with Crippen molar-refractivity contribution in [2.24, 2.45) is 5.92 Å². The third-order valence-electron chi connectivity index (χ3n) is 2.78. The van der Waals surface area contributed by atoms with E-state index in [2.05, 4.69) is 5.32 Å². The number of rotatable bonds is 5. The Morgan fingerprint density at radius 1 is 1.38 bits per heavy atom. The highest BCUT2D eigenvalue weighted by atomic mass is 19.1. The van der Waals surface area contributed by atoms with Crippen LogP contribution in [-0.4, -0.2) is 18.2 Å². The van der Waals surface area contributed by atoms with Crippen molar-refractivity contribution >= 4 is 0 Å². The fourth-order valence-corrected chi connectivity index (χ4v) is 1.63. The van der Waals surface area contributed by atoms with E-state index in [1.807, 2.05) is 0 Å². The molecule has 1 unspecified atom stereocenters. The second-order valence-corrected chi connectivity index (χ2v) is 4.28. The predicted molar refractivity (Wildman–Crippen MR) is 56.9 cm³/mol. The molecule has 0 heterocycles. The van der Waals surface area contributed by atoms with Crippen LogP contribution in [0.5, 0.6) is 0 Å². The van der Waals surface area contributed by atoms with Gasteiger partial charge in [0.1, 0.15) is 11.6 Å². The summed E-state index contributed by atoms with van der Waals surface area (Å²) in [6, 6.07) is 3.12. The minimum atomic E-state index is -0.991. The Labute approximate surface area is 93.3 Å². The van der Waals surface area contributed by atoms with Gasteiger partial charge in [-0.3, -0.25) is 0 Å². The zero-order valence-electron chi connectivity index (χ0n) is 8.92. The van der Waals surface area contributed by atoms with Crippen molar-refractivity contribution in [2.45, 2.75) is 18.9 Å². The van der Waals surface area contributed by atoms with Crippen LogP contribution >= 0.6 is 0 Å². The summed E-state index contributed by atoms with van der Waals surface area (Å²) in [7, 11) is 0. The first-order chi connectivity index (χ1) is 7.66. The van der Waals surface area contributed by atoms with E-state index >= 15 is 0 Å². The van der Waals surface area contributed by atoms with Crippen LogP contribution in [0.2, 0.25) is 0 Å². The molecule has 0 spiro atoms. The topological polar surface area (TPSA) is 32.3 Å². The lowest BCUT2D eigenvalue weighted by molar-refractivity contribution is 0.169. The largest absolute Gasteiger partial charge is 0.387 e. The van der Waals surface area contributed by atoms with E-state index in [0.717, 1.165) is 24.7 Å². The van der Waals surface area contributed by atoms with Crippen molar-refractivity contribution in [1.82, 2.24) is 5.32 Å². The van der Waals surface area contributed by atoms with Gasteiger partial charge in [-0.2, -0.15) is 0 Å². The molecule has 0 saturated heterocycles. The maximum Gasteiger partial charge on any atom is 0.129 e. The lowest BCUT2D eigenvalue weighted by Crippen LogP contribution is -2.24. The molecule has 0 amide bonds. The number of halogens is 2. The summed E-state index contributed by atoms with van der Waals surface area (Å²) in [5, 5.41) is 12.7. The Kier molecular flexibility index (Phi) is 3.51. The Morgan fingerprint density at radius 3 is 2.81 bits per heavy atom. The molecule has 1 saturated carbocycles. The van der Waals surface area contributed by atoms with Gasteiger partial charge in [-0.25, -0.2) is 8.78 Å². The number of benzene rings is 1. The van der Waals surface area contributed by atoms with E-state index in [1.54, 1.807) is 0 Å². The van der Waals surface area contributed by atoms with Crippen LogP contribution in [-0.2, 0) is 0 Å². The summed E-state index contributed by atoms with van der Waals surface area (Å²) in [6.07, 6.45) is 1.45. The highest BCUT2D eigenvalue weighted by Gasteiger charge is 2.21. The third kappa shape index (κ3) is 3.00. The summed E-state index contributed by atoms with van der Waals surface area (Å²) in [5.41, 5.74) is 0.0169. The summed E-state index contributed by atoms with van der Waals surface area (Å²) in [4.78, 5) is 0. The van der Waals surface area contributed by atoms with Crippen molar-refractivity contribution in [3.63, 3.8) is 0 Å². The molecular formula is C12H15F2NO. The molecule has 1 aromatic rings. The minimum absolute atomic E-state index is 0.0169. The van der Waals surface area contributed by atoms with Crippen LogP contribution in [0.1, 0.15) is 24.5 Å². The molecular weight excluding hydrogens is 212 g/mol. The monoisotopic (exact) mass is 227 g/mol. The Bertz CT molecular complexity index is 366. The molecule has 0 aromatic heterocycles. The number of hydrogen-bond donors (Lipinski definition) is 2. The van der Waals surface area contributed by atoms with Crippen LogP contribution in [0.15, 0.2) is 18.2 Å². The number of aliphatic hydroxyl groups is 1. The van der Waals surface area contributed by atoms with E-state index in [0.29, 0.717) is 5.92 Å². The van der Waals surface area contributed by atoms with Crippen LogP contribution in [0.25, 0.3) is 0 Å². The van der Waals surface area contributed by atoms with Gasteiger partial charge in [-0.1, -0.05) is 0 Å². The molecule has 1 aliphatic carbocycles. The summed E-state index contributed by atoms with van der Waals surface area (Å²) >= 11 is 0. The standard InChI is InChI=1S/C12H15F2NO/c13-9-3-4-11(14)10(5-9)12(16)7-15-6-8-1-2-8/h3-5,8,12,15-16H,1-2,6-7H2. The molecule has 0 radical (unpaired) electrons. The Morgan fingerprint density at radius 2 is 2.12 bits per heavy atom. The average Bonchev–Trinajstić information content (AvgIpc) is 3.05. The first kappa shape index (κ1) is 11.5. The molecule has 16 heavy (non-hydrogen) atoms. The molecule has 2 rings (SSSR count). The van der Waals surface area contributed by atoms with Crippen LogP contribution < -0.4 is 5.32 Å². The average molecular weight is 227 g/mol. The normalized spacial score (nSPS) is 17.4. The zero-order chi connectivity index (χ0) is 11.5. The SMILES string of the molecule is OC(CNCC1CC1)c1cc(F)ccc1F. The second-order valence-electron chi connectivity index (χ2n) is 4.28. The van der Waals surface area contributed by atoms with Gasteiger partial charge in [0.05, 0.1) is 6.10 Å². The van der Waals surface area contributed by atoms with Crippen molar-refractivity contribution in [1.29, 1.82) is 0 Å². The van der Waals surface area contributed by atoms with Gasteiger partial charge in [0.15, 0.2) is 0 Å². The van der Waals surface area contributed by atoms with E-state index in [-0.39, 0.29) is 12.1 Å². The van der Waals surface area contributed by atoms with Crippen molar-refractivity contribution in [2.75, 3.05) is 13.1 Å². The zero-order valence-corrected chi connectivity index (χ0v) is 8.92. The predicted octanol–water partition coefficient (Wildman–Crippen LogP) is 2.00. The molecule has 1 aromatic carbocycles.